The number of carbonyl (C=O) groups excluding carboxylic acids is 1. The number of urea groups is 1. The van der Waals surface area contributed by atoms with Gasteiger partial charge in [-0.2, -0.15) is 11.3 Å². The first-order chi connectivity index (χ1) is 10.2. The Hall–Kier alpha value is -2.34. The summed E-state index contributed by atoms with van der Waals surface area (Å²) in [4.78, 5) is 22.7. The molecule has 0 unspecified atom stereocenters. The zero-order valence-corrected chi connectivity index (χ0v) is 12.2. The van der Waals surface area contributed by atoms with Crippen molar-refractivity contribution in [2.45, 2.75) is 13.0 Å². The van der Waals surface area contributed by atoms with Crippen molar-refractivity contribution in [1.29, 1.82) is 0 Å². The van der Waals surface area contributed by atoms with E-state index < -0.39 is 5.97 Å². The highest BCUT2D eigenvalue weighted by Gasteiger charge is 2.08. The predicted octanol–water partition coefficient (Wildman–Crippen LogP) is 2.49. The molecule has 2 amide bonds. The molecule has 1 aromatic heterocycles. The zero-order valence-electron chi connectivity index (χ0n) is 11.3. The fourth-order valence-corrected chi connectivity index (χ4v) is 2.56. The number of amides is 2. The number of thiophene rings is 1. The lowest BCUT2D eigenvalue weighted by molar-refractivity contribution is 0.0695. The van der Waals surface area contributed by atoms with E-state index in [1.54, 1.807) is 35.6 Å². The molecule has 0 fully saturated rings. The minimum Gasteiger partial charge on any atom is -0.478 e. The summed E-state index contributed by atoms with van der Waals surface area (Å²) in [6.45, 7) is 0.876. The smallest absolute Gasteiger partial charge is 0.335 e. The van der Waals surface area contributed by atoms with Crippen LogP contribution in [0, 0.1) is 0 Å². The van der Waals surface area contributed by atoms with Crippen molar-refractivity contribution >= 4 is 23.3 Å². The number of nitrogens with one attached hydrogen (secondary N) is 2. The maximum atomic E-state index is 11.6. The van der Waals surface area contributed by atoms with Crippen LogP contribution in [0.5, 0.6) is 0 Å². The molecular formula is C15H16N2O3S. The molecule has 1 heterocycles. The number of carboxylic acid groups (broad SMARTS) is 1. The van der Waals surface area contributed by atoms with E-state index in [2.05, 4.69) is 10.6 Å². The quantitative estimate of drug-likeness (QED) is 0.767. The van der Waals surface area contributed by atoms with Crippen LogP contribution in [0.25, 0.3) is 0 Å². The Labute approximate surface area is 126 Å². The van der Waals surface area contributed by atoms with E-state index in [-0.39, 0.29) is 11.6 Å². The fourth-order valence-electron chi connectivity index (χ4n) is 1.90. The summed E-state index contributed by atoms with van der Waals surface area (Å²) in [5.74, 6) is -0.951. The third-order valence-corrected chi connectivity index (χ3v) is 3.69. The van der Waals surface area contributed by atoms with Gasteiger partial charge in [0, 0.05) is 13.1 Å². The fraction of sp³-hybridized carbons (Fsp3) is 0.200. The number of aromatic carboxylic acids is 1. The average molecular weight is 304 g/mol. The zero-order chi connectivity index (χ0) is 15.1. The van der Waals surface area contributed by atoms with Crippen molar-refractivity contribution in [2.24, 2.45) is 0 Å². The molecule has 0 aliphatic heterocycles. The molecule has 0 aliphatic carbocycles. The second kappa shape index (κ2) is 7.44. The predicted molar refractivity (Wildman–Crippen MR) is 81.7 cm³/mol. The van der Waals surface area contributed by atoms with Crippen molar-refractivity contribution in [3.63, 3.8) is 0 Å². The van der Waals surface area contributed by atoms with E-state index in [1.165, 1.54) is 0 Å². The van der Waals surface area contributed by atoms with Gasteiger partial charge in [0.15, 0.2) is 0 Å². The molecule has 2 rings (SSSR count). The van der Waals surface area contributed by atoms with E-state index in [9.17, 15) is 9.59 Å². The molecule has 110 valence electrons. The second-order valence-electron chi connectivity index (χ2n) is 4.45. The Morgan fingerprint density at radius 3 is 2.67 bits per heavy atom. The maximum absolute atomic E-state index is 11.6. The van der Waals surface area contributed by atoms with E-state index in [1.807, 2.05) is 16.8 Å². The summed E-state index contributed by atoms with van der Waals surface area (Å²) < 4.78 is 0. The van der Waals surface area contributed by atoms with Crippen LogP contribution in [-0.4, -0.2) is 23.7 Å². The van der Waals surface area contributed by atoms with E-state index in [0.29, 0.717) is 25.1 Å². The van der Waals surface area contributed by atoms with Crippen molar-refractivity contribution < 1.29 is 14.7 Å². The van der Waals surface area contributed by atoms with Crippen molar-refractivity contribution in [3.05, 3.63) is 57.8 Å². The minimum atomic E-state index is -0.951. The highest BCUT2D eigenvalue weighted by Crippen LogP contribution is 2.09. The first kappa shape index (κ1) is 15.1. The van der Waals surface area contributed by atoms with Gasteiger partial charge < -0.3 is 15.7 Å². The Morgan fingerprint density at radius 1 is 1.14 bits per heavy atom. The monoisotopic (exact) mass is 304 g/mol. The van der Waals surface area contributed by atoms with Gasteiger partial charge in [0.2, 0.25) is 0 Å². The molecule has 0 bridgehead atoms. The van der Waals surface area contributed by atoms with E-state index in [4.69, 9.17) is 5.11 Å². The summed E-state index contributed by atoms with van der Waals surface area (Å²) in [5.41, 5.74) is 2.05. The number of carboxylic acids is 1. The molecule has 0 saturated carbocycles. The molecule has 5 nitrogen and oxygen atoms in total. The lowest BCUT2D eigenvalue weighted by atomic mass is 10.0. The second-order valence-corrected chi connectivity index (χ2v) is 5.23. The van der Waals surface area contributed by atoms with Gasteiger partial charge in [0.1, 0.15) is 0 Å². The molecule has 3 N–H and O–H groups in total. The Bertz CT molecular complexity index is 611. The number of hydrogen-bond acceptors (Lipinski definition) is 3. The Kier molecular flexibility index (Phi) is 5.34. The van der Waals surface area contributed by atoms with Gasteiger partial charge in [-0.25, -0.2) is 9.59 Å². The molecule has 6 heteroatoms. The van der Waals surface area contributed by atoms with Crippen LogP contribution in [0.2, 0.25) is 0 Å². The van der Waals surface area contributed by atoms with Crippen LogP contribution in [0.1, 0.15) is 21.5 Å². The lowest BCUT2D eigenvalue weighted by Gasteiger charge is -2.08. The Balaban J connectivity index is 1.76. The summed E-state index contributed by atoms with van der Waals surface area (Å²) in [5, 5.41) is 18.5. The highest BCUT2D eigenvalue weighted by atomic mass is 32.1. The maximum Gasteiger partial charge on any atom is 0.335 e. The summed E-state index contributed by atoms with van der Waals surface area (Å²) >= 11 is 1.58. The van der Waals surface area contributed by atoms with Crippen LogP contribution in [0.3, 0.4) is 0 Å². The molecule has 0 radical (unpaired) electrons. The normalized spacial score (nSPS) is 10.1. The number of carbonyl (C=O) groups is 2. The van der Waals surface area contributed by atoms with Gasteiger partial charge in [0.25, 0.3) is 0 Å². The van der Waals surface area contributed by atoms with Gasteiger partial charge in [-0.3, -0.25) is 0 Å². The van der Waals surface area contributed by atoms with Crippen LogP contribution < -0.4 is 10.6 Å². The summed E-state index contributed by atoms with van der Waals surface area (Å²) in [6, 6.07) is 8.50. The standard InChI is InChI=1S/C15H16N2O3S/c18-14(19)13-4-2-1-3-12(13)5-7-16-15(20)17-9-11-6-8-21-10-11/h1-4,6,8,10H,5,7,9H2,(H,18,19)(H2,16,17,20). The molecule has 0 saturated heterocycles. The topological polar surface area (TPSA) is 78.4 Å². The van der Waals surface area contributed by atoms with E-state index >= 15 is 0 Å². The molecule has 1 aromatic carbocycles. The van der Waals surface area contributed by atoms with Gasteiger partial charge in [-0.1, -0.05) is 18.2 Å². The largest absolute Gasteiger partial charge is 0.478 e. The lowest BCUT2D eigenvalue weighted by Crippen LogP contribution is -2.36. The molecule has 0 atom stereocenters. The van der Waals surface area contributed by atoms with Crippen LogP contribution >= 0.6 is 11.3 Å². The first-order valence-electron chi connectivity index (χ1n) is 6.51. The highest BCUT2D eigenvalue weighted by molar-refractivity contribution is 7.07. The number of benzene rings is 1. The van der Waals surface area contributed by atoms with Crippen LogP contribution in [0.4, 0.5) is 4.79 Å². The third-order valence-electron chi connectivity index (χ3n) is 2.96. The van der Waals surface area contributed by atoms with Crippen LogP contribution in [-0.2, 0) is 13.0 Å². The van der Waals surface area contributed by atoms with E-state index in [0.717, 1.165) is 5.56 Å². The number of hydrogen-bond donors (Lipinski definition) is 3. The van der Waals surface area contributed by atoms with Gasteiger partial charge in [-0.05, 0) is 40.4 Å². The molecule has 0 spiro atoms. The van der Waals surface area contributed by atoms with Gasteiger partial charge in [0.05, 0.1) is 5.56 Å². The molecule has 2 aromatic rings. The van der Waals surface area contributed by atoms with Crippen LogP contribution in [0.15, 0.2) is 41.1 Å². The Morgan fingerprint density at radius 2 is 1.95 bits per heavy atom. The average Bonchev–Trinajstić information content (AvgIpc) is 2.99. The molecule has 21 heavy (non-hydrogen) atoms. The molecule has 0 aliphatic rings. The van der Waals surface area contributed by atoms with Crippen molar-refractivity contribution in [1.82, 2.24) is 10.6 Å². The summed E-state index contributed by atoms with van der Waals surface area (Å²) in [6.07, 6.45) is 0.481. The summed E-state index contributed by atoms with van der Waals surface area (Å²) in [7, 11) is 0. The van der Waals surface area contributed by atoms with Crippen molar-refractivity contribution in [2.75, 3.05) is 6.54 Å². The van der Waals surface area contributed by atoms with Gasteiger partial charge in [-0.15, -0.1) is 0 Å². The van der Waals surface area contributed by atoms with Crippen molar-refractivity contribution in [3.8, 4) is 0 Å². The SMILES string of the molecule is O=C(NCCc1ccccc1C(=O)O)NCc1ccsc1. The van der Waals surface area contributed by atoms with Gasteiger partial charge >= 0.3 is 12.0 Å². The molecular weight excluding hydrogens is 288 g/mol. The first-order valence-corrected chi connectivity index (χ1v) is 7.45. The number of rotatable bonds is 6. The third kappa shape index (κ3) is 4.61. The minimum absolute atomic E-state index is 0.256.